The first-order valence-electron chi connectivity index (χ1n) is 6.01. The van der Waals surface area contributed by atoms with Crippen LogP contribution in [0.2, 0.25) is 0 Å². The van der Waals surface area contributed by atoms with Gasteiger partial charge in [-0.25, -0.2) is 4.79 Å². The fraction of sp³-hybridized carbons (Fsp3) is 0.500. The maximum Gasteiger partial charge on any atom is 0.423 e. The molecule has 3 atom stereocenters. The van der Waals surface area contributed by atoms with Crippen LogP contribution in [0.3, 0.4) is 0 Å². The molecule has 3 rings (SSSR count). The number of rotatable bonds is 3. The zero-order valence-corrected chi connectivity index (χ0v) is 9.19. The van der Waals surface area contributed by atoms with E-state index in [1.165, 1.54) is 31.2 Å². The largest absolute Gasteiger partial charge is 0.423 e. The Morgan fingerprint density at radius 1 is 1.19 bits per heavy atom. The molecule has 83 valence electrons. The Balaban J connectivity index is 1.91. The van der Waals surface area contributed by atoms with Crippen molar-refractivity contribution >= 4 is 6.47 Å². The van der Waals surface area contributed by atoms with Gasteiger partial charge in [0.2, 0.25) is 0 Å². The summed E-state index contributed by atoms with van der Waals surface area (Å²) in [6.45, 7) is 1.54. The minimum absolute atomic E-state index is 0.600. The highest BCUT2D eigenvalue weighted by Gasteiger charge is 2.41. The molecule has 2 fully saturated rings. The summed E-state index contributed by atoms with van der Waals surface area (Å²) in [6, 6.07) is 7.90. The first-order chi connectivity index (χ1) is 7.88. The molecule has 1 aromatic rings. The molecular weight excluding hydrogens is 200 g/mol. The summed E-state index contributed by atoms with van der Waals surface area (Å²) in [4.78, 5) is 10.4. The molecule has 0 amide bonds. The van der Waals surface area contributed by atoms with Gasteiger partial charge in [-0.05, 0) is 48.6 Å². The first-order valence-corrected chi connectivity index (χ1v) is 6.01. The normalized spacial score (nSPS) is 31.6. The fourth-order valence-electron chi connectivity index (χ4n) is 3.55. The highest BCUT2D eigenvalue weighted by Crippen LogP contribution is 2.54. The lowest BCUT2D eigenvalue weighted by molar-refractivity contribution is 0.399. The summed E-state index contributed by atoms with van der Waals surface area (Å²) < 4.78 is 4.95. The fourth-order valence-corrected chi connectivity index (χ4v) is 3.55. The third-order valence-electron chi connectivity index (χ3n) is 4.21. The third-order valence-corrected chi connectivity index (χ3v) is 4.21. The van der Waals surface area contributed by atoms with E-state index in [2.05, 4.69) is 6.07 Å². The van der Waals surface area contributed by atoms with Crippen LogP contribution in [-0.2, 0) is 4.79 Å². The molecule has 0 spiro atoms. The Hall–Kier alpha value is -1.31. The summed E-state index contributed by atoms with van der Waals surface area (Å²) in [5.74, 6) is 3.02. The number of fused-ring (bicyclic) bond motifs is 2. The van der Waals surface area contributed by atoms with Gasteiger partial charge in [0.1, 0.15) is 5.75 Å². The standard InChI is InChI=1S/C14H15O2/c15-9-16-14-4-2-1-3-12(14)13-8-10-5-6-11(13)7-10/h1-4,10-11,13H,5-8H2. The highest BCUT2D eigenvalue weighted by molar-refractivity contribution is 5.49. The number of ether oxygens (including phenoxy) is 1. The van der Waals surface area contributed by atoms with Crippen LogP contribution in [-0.4, -0.2) is 6.47 Å². The Bertz CT molecular complexity index is 399. The van der Waals surface area contributed by atoms with Crippen LogP contribution >= 0.6 is 0 Å². The van der Waals surface area contributed by atoms with Crippen LogP contribution in [0.5, 0.6) is 5.75 Å². The predicted octanol–water partition coefficient (Wildman–Crippen LogP) is 3.04. The molecule has 1 aromatic carbocycles. The SMILES string of the molecule is O=[C]Oc1ccccc1C1CC2CCC1C2. The Labute approximate surface area is 95.6 Å². The zero-order valence-electron chi connectivity index (χ0n) is 9.19. The van der Waals surface area contributed by atoms with Gasteiger partial charge < -0.3 is 4.74 Å². The van der Waals surface area contributed by atoms with E-state index in [0.29, 0.717) is 11.7 Å². The molecule has 2 saturated carbocycles. The molecule has 0 heterocycles. The number of para-hydroxylation sites is 1. The van der Waals surface area contributed by atoms with E-state index in [1.54, 1.807) is 6.47 Å². The Morgan fingerprint density at radius 3 is 2.75 bits per heavy atom. The molecule has 1 radical (unpaired) electrons. The zero-order chi connectivity index (χ0) is 11.0. The smallest absolute Gasteiger partial charge is 0.418 e. The van der Waals surface area contributed by atoms with E-state index in [-0.39, 0.29) is 0 Å². The molecule has 0 aromatic heterocycles. The lowest BCUT2D eigenvalue weighted by Crippen LogP contribution is -2.10. The monoisotopic (exact) mass is 215 g/mol. The average Bonchev–Trinajstić information content (AvgIpc) is 2.92. The van der Waals surface area contributed by atoms with E-state index in [0.717, 1.165) is 11.8 Å². The molecule has 3 unspecified atom stereocenters. The minimum atomic E-state index is 0.600. The van der Waals surface area contributed by atoms with Crippen LogP contribution in [0, 0.1) is 11.8 Å². The Morgan fingerprint density at radius 2 is 2.06 bits per heavy atom. The number of hydrogen-bond donors (Lipinski definition) is 0. The average molecular weight is 215 g/mol. The lowest BCUT2D eigenvalue weighted by atomic mass is 9.83. The van der Waals surface area contributed by atoms with Crippen molar-refractivity contribution in [1.29, 1.82) is 0 Å². The molecule has 2 heteroatoms. The van der Waals surface area contributed by atoms with E-state index in [1.807, 2.05) is 18.2 Å². The molecule has 2 bridgehead atoms. The van der Waals surface area contributed by atoms with Crippen molar-refractivity contribution in [2.45, 2.75) is 31.6 Å². The van der Waals surface area contributed by atoms with Crippen molar-refractivity contribution in [3.63, 3.8) is 0 Å². The van der Waals surface area contributed by atoms with Gasteiger partial charge in [-0.15, -0.1) is 0 Å². The quantitative estimate of drug-likeness (QED) is 0.774. The highest BCUT2D eigenvalue weighted by atomic mass is 16.5. The molecule has 2 aliphatic rings. The molecule has 0 saturated heterocycles. The maximum absolute atomic E-state index is 10.4. The van der Waals surface area contributed by atoms with Crippen LogP contribution in [0.4, 0.5) is 0 Å². The van der Waals surface area contributed by atoms with Gasteiger partial charge >= 0.3 is 6.47 Å². The second-order valence-electron chi connectivity index (χ2n) is 5.00. The summed E-state index contributed by atoms with van der Waals surface area (Å²) in [5.41, 5.74) is 1.21. The van der Waals surface area contributed by atoms with Crippen molar-refractivity contribution < 1.29 is 9.53 Å². The number of hydrogen-bond acceptors (Lipinski definition) is 2. The predicted molar refractivity (Wildman–Crippen MR) is 61.0 cm³/mol. The molecule has 2 nitrogen and oxygen atoms in total. The minimum Gasteiger partial charge on any atom is -0.418 e. The number of benzene rings is 1. The van der Waals surface area contributed by atoms with Crippen molar-refractivity contribution in [3.8, 4) is 5.75 Å². The van der Waals surface area contributed by atoms with Crippen molar-refractivity contribution in [2.75, 3.05) is 0 Å². The summed E-state index contributed by atoms with van der Waals surface area (Å²) >= 11 is 0. The summed E-state index contributed by atoms with van der Waals surface area (Å²) in [6.07, 6.45) is 5.37. The van der Waals surface area contributed by atoms with Crippen molar-refractivity contribution in [1.82, 2.24) is 0 Å². The van der Waals surface area contributed by atoms with Crippen LogP contribution in [0.15, 0.2) is 24.3 Å². The van der Waals surface area contributed by atoms with E-state index >= 15 is 0 Å². The van der Waals surface area contributed by atoms with Gasteiger partial charge in [0.05, 0.1) is 0 Å². The van der Waals surface area contributed by atoms with Crippen LogP contribution < -0.4 is 4.74 Å². The second kappa shape index (κ2) is 3.93. The molecule has 0 aliphatic heterocycles. The first kappa shape index (κ1) is 9.88. The van der Waals surface area contributed by atoms with E-state index in [4.69, 9.17) is 4.74 Å². The summed E-state index contributed by atoms with van der Waals surface area (Å²) in [7, 11) is 0. The van der Waals surface area contributed by atoms with Crippen LogP contribution in [0.25, 0.3) is 0 Å². The third kappa shape index (κ3) is 1.53. The van der Waals surface area contributed by atoms with Gasteiger partial charge in [0.15, 0.2) is 0 Å². The molecular formula is C14H15O2. The Kier molecular flexibility index (Phi) is 2.43. The molecule has 2 aliphatic carbocycles. The van der Waals surface area contributed by atoms with Gasteiger partial charge in [0.25, 0.3) is 0 Å². The van der Waals surface area contributed by atoms with Gasteiger partial charge in [-0.1, -0.05) is 24.6 Å². The lowest BCUT2D eigenvalue weighted by Gasteiger charge is -2.23. The van der Waals surface area contributed by atoms with Crippen molar-refractivity contribution in [3.05, 3.63) is 29.8 Å². The van der Waals surface area contributed by atoms with Crippen LogP contribution in [0.1, 0.15) is 37.2 Å². The second-order valence-corrected chi connectivity index (χ2v) is 5.00. The number of carbonyl (C=O) groups excluding carboxylic acids is 1. The van der Waals surface area contributed by atoms with E-state index in [9.17, 15) is 4.79 Å². The molecule has 16 heavy (non-hydrogen) atoms. The van der Waals surface area contributed by atoms with Gasteiger partial charge in [0, 0.05) is 0 Å². The van der Waals surface area contributed by atoms with Gasteiger partial charge in [-0.2, -0.15) is 0 Å². The topological polar surface area (TPSA) is 26.3 Å². The maximum atomic E-state index is 10.4. The van der Waals surface area contributed by atoms with Gasteiger partial charge in [-0.3, -0.25) is 0 Å². The van der Waals surface area contributed by atoms with Crippen molar-refractivity contribution in [2.24, 2.45) is 11.8 Å². The molecule has 0 N–H and O–H groups in total. The summed E-state index contributed by atoms with van der Waals surface area (Å²) in [5, 5.41) is 0. The van der Waals surface area contributed by atoms with E-state index < -0.39 is 0 Å².